The lowest BCUT2D eigenvalue weighted by molar-refractivity contribution is 0.482. The van der Waals surface area contributed by atoms with Crippen LogP contribution >= 0.6 is 0 Å². The van der Waals surface area contributed by atoms with Crippen molar-refractivity contribution in [2.45, 2.75) is 60.4 Å². The van der Waals surface area contributed by atoms with Gasteiger partial charge in [-0.25, -0.2) is 0 Å². The van der Waals surface area contributed by atoms with Crippen molar-refractivity contribution >= 4 is 11.0 Å². The average Bonchev–Trinajstić information content (AvgIpc) is 2.66. The number of aryl methyl sites for hydroxylation is 2. The number of nitrogens with one attached hydrogen (secondary N) is 1. The molecule has 0 atom stereocenters. The Morgan fingerprint density at radius 3 is 2.38 bits per heavy atom. The highest BCUT2D eigenvalue weighted by Crippen LogP contribution is 2.33. The number of benzene rings is 1. The van der Waals surface area contributed by atoms with Crippen LogP contribution in [0.3, 0.4) is 0 Å². The zero-order chi connectivity index (χ0) is 15.8. The lowest BCUT2D eigenvalue weighted by Gasteiger charge is -2.19. The Bertz CT molecular complexity index is 629. The zero-order valence-corrected chi connectivity index (χ0v) is 14.6. The Kier molecular flexibility index (Phi) is 4.48. The maximum Gasteiger partial charge on any atom is 0.137 e. The van der Waals surface area contributed by atoms with Gasteiger partial charge in [-0.1, -0.05) is 40.7 Å². The lowest BCUT2D eigenvalue weighted by atomic mass is 9.85. The van der Waals surface area contributed by atoms with Crippen LogP contribution in [0.15, 0.2) is 16.5 Å². The molecule has 2 nitrogen and oxygen atoms in total. The molecule has 0 spiro atoms. The summed E-state index contributed by atoms with van der Waals surface area (Å²) < 4.78 is 6.12. The highest BCUT2D eigenvalue weighted by Gasteiger charge is 2.19. The Hall–Kier alpha value is -1.28. The first-order valence-corrected chi connectivity index (χ1v) is 7.94. The molecule has 1 aromatic heterocycles. The highest BCUT2D eigenvalue weighted by atomic mass is 16.3. The van der Waals surface area contributed by atoms with Crippen LogP contribution in [-0.4, -0.2) is 6.54 Å². The Morgan fingerprint density at radius 1 is 1.14 bits per heavy atom. The topological polar surface area (TPSA) is 25.2 Å². The fourth-order valence-corrected chi connectivity index (χ4v) is 2.61. The molecule has 116 valence electrons. The van der Waals surface area contributed by atoms with E-state index in [1.54, 1.807) is 0 Å². The van der Waals surface area contributed by atoms with Crippen molar-refractivity contribution in [2.75, 3.05) is 6.54 Å². The first-order valence-electron chi connectivity index (χ1n) is 7.94. The third-order valence-corrected chi connectivity index (χ3v) is 4.03. The lowest BCUT2D eigenvalue weighted by Crippen LogP contribution is -2.18. The van der Waals surface area contributed by atoms with E-state index in [-0.39, 0.29) is 5.41 Å². The fraction of sp³-hybridized carbons (Fsp3) is 0.579. The van der Waals surface area contributed by atoms with Gasteiger partial charge in [0.2, 0.25) is 0 Å². The van der Waals surface area contributed by atoms with Gasteiger partial charge in [-0.05, 0) is 54.5 Å². The van der Waals surface area contributed by atoms with E-state index in [2.05, 4.69) is 65.9 Å². The highest BCUT2D eigenvalue weighted by molar-refractivity contribution is 5.85. The molecule has 0 aliphatic heterocycles. The zero-order valence-electron chi connectivity index (χ0n) is 14.6. The van der Waals surface area contributed by atoms with E-state index in [0.29, 0.717) is 5.92 Å². The quantitative estimate of drug-likeness (QED) is 0.847. The molecule has 0 fully saturated rings. The third-order valence-electron chi connectivity index (χ3n) is 4.03. The van der Waals surface area contributed by atoms with Gasteiger partial charge in [0, 0.05) is 5.39 Å². The van der Waals surface area contributed by atoms with Gasteiger partial charge in [0.05, 0.1) is 6.54 Å². The largest absolute Gasteiger partial charge is 0.459 e. The summed E-state index contributed by atoms with van der Waals surface area (Å²) >= 11 is 0. The molecule has 0 aliphatic rings. The molecule has 0 saturated heterocycles. The summed E-state index contributed by atoms with van der Waals surface area (Å²) in [5.41, 5.74) is 5.09. The molecule has 2 rings (SSSR count). The summed E-state index contributed by atoms with van der Waals surface area (Å²) in [7, 11) is 0. The molecule has 0 saturated carbocycles. The molecule has 21 heavy (non-hydrogen) atoms. The van der Waals surface area contributed by atoms with Crippen LogP contribution in [0.4, 0.5) is 0 Å². The van der Waals surface area contributed by atoms with Crippen molar-refractivity contribution < 1.29 is 4.42 Å². The van der Waals surface area contributed by atoms with Gasteiger partial charge in [-0.2, -0.15) is 0 Å². The van der Waals surface area contributed by atoms with Crippen molar-refractivity contribution in [3.8, 4) is 0 Å². The molecule has 0 radical (unpaired) electrons. The van der Waals surface area contributed by atoms with Gasteiger partial charge in [-0.15, -0.1) is 0 Å². The van der Waals surface area contributed by atoms with Gasteiger partial charge >= 0.3 is 0 Å². The van der Waals surface area contributed by atoms with Crippen LogP contribution in [0.25, 0.3) is 11.0 Å². The molecule has 1 N–H and O–H groups in total. The fourth-order valence-electron chi connectivity index (χ4n) is 2.61. The van der Waals surface area contributed by atoms with Gasteiger partial charge in [0.1, 0.15) is 11.3 Å². The maximum absolute atomic E-state index is 6.12. The smallest absolute Gasteiger partial charge is 0.137 e. The molecule has 0 aliphatic carbocycles. The molecule has 2 heteroatoms. The number of hydrogen-bond acceptors (Lipinski definition) is 2. The van der Waals surface area contributed by atoms with E-state index in [9.17, 15) is 0 Å². The molecule has 0 bridgehead atoms. The predicted octanol–water partition coefficient (Wildman–Crippen LogP) is 5.09. The minimum absolute atomic E-state index is 0.165. The molecule has 0 amide bonds. The Balaban J connectivity index is 2.39. The summed E-state index contributed by atoms with van der Waals surface area (Å²) in [5.74, 6) is 1.73. The average molecular weight is 287 g/mol. The summed E-state index contributed by atoms with van der Waals surface area (Å²) in [6.45, 7) is 17.4. The predicted molar refractivity (Wildman–Crippen MR) is 90.9 cm³/mol. The number of rotatable bonds is 4. The number of fused-ring (bicyclic) bond motifs is 1. The minimum atomic E-state index is 0.165. The van der Waals surface area contributed by atoms with Crippen LogP contribution in [0.2, 0.25) is 0 Å². The first kappa shape index (κ1) is 16.1. The molecular formula is C19H29NO. The number of furan rings is 1. The van der Waals surface area contributed by atoms with Gasteiger partial charge < -0.3 is 9.73 Å². The van der Waals surface area contributed by atoms with Crippen LogP contribution < -0.4 is 5.32 Å². The van der Waals surface area contributed by atoms with Crippen LogP contribution in [-0.2, 0) is 12.0 Å². The summed E-state index contributed by atoms with van der Waals surface area (Å²) in [6, 6.07) is 4.56. The van der Waals surface area contributed by atoms with Crippen molar-refractivity contribution in [2.24, 2.45) is 5.92 Å². The van der Waals surface area contributed by atoms with E-state index in [4.69, 9.17) is 4.42 Å². The second-order valence-electron chi connectivity index (χ2n) is 7.59. The molecule has 1 aromatic carbocycles. The van der Waals surface area contributed by atoms with E-state index in [1.807, 2.05) is 0 Å². The van der Waals surface area contributed by atoms with Crippen molar-refractivity contribution in [1.29, 1.82) is 0 Å². The SMILES string of the molecule is Cc1c(CNCC(C)C)oc2c(C)cc(C(C)(C)C)cc12. The maximum atomic E-state index is 6.12. The van der Waals surface area contributed by atoms with Crippen molar-refractivity contribution in [1.82, 2.24) is 5.32 Å². The Morgan fingerprint density at radius 2 is 1.81 bits per heavy atom. The molecule has 2 aromatic rings. The van der Waals surface area contributed by atoms with Crippen LogP contribution in [0.5, 0.6) is 0 Å². The first-order chi connectivity index (χ1) is 9.70. The normalized spacial score (nSPS) is 12.6. The summed E-state index contributed by atoms with van der Waals surface area (Å²) in [6.07, 6.45) is 0. The van der Waals surface area contributed by atoms with Gasteiger partial charge in [-0.3, -0.25) is 0 Å². The molecular weight excluding hydrogens is 258 g/mol. The number of hydrogen-bond donors (Lipinski definition) is 1. The van der Waals surface area contributed by atoms with Crippen molar-refractivity contribution in [3.63, 3.8) is 0 Å². The monoisotopic (exact) mass is 287 g/mol. The van der Waals surface area contributed by atoms with Crippen LogP contribution in [0, 0.1) is 19.8 Å². The molecule has 0 unspecified atom stereocenters. The molecule has 1 heterocycles. The van der Waals surface area contributed by atoms with Crippen molar-refractivity contribution in [3.05, 3.63) is 34.6 Å². The van der Waals surface area contributed by atoms with E-state index in [0.717, 1.165) is 24.4 Å². The second-order valence-corrected chi connectivity index (χ2v) is 7.59. The van der Waals surface area contributed by atoms with Gasteiger partial charge in [0.15, 0.2) is 0 Å². The second kappa shape index (κ2) is 5.84. The van der Waals surface area contributed by atoms with E-state index < -0.39 is 0 Å². The van der Waals surface area contributed by atoms with E-state index >= 15 is 0 Å². The van der Waals surface area contributed by atoms with E-state index in [1.165, 1.54) is 22.1 Å². The van der Waals surface area contributed by atoms with Crippen LogP contribution in [0.1, 0.15) is 57.1 Å². The third kappa shape index (κ3) is 3.49. The summed E-state index contributed by atoms with van der Waals surface area (Å²) in [4.78, 5) is 0. The van der Waals surface area contributed by atoms with Gasteiger partial charge in [0.25, 0.3) is 0 Å². The minimum Gasteiger partial charge on any atom is -0.459 e. The Labute approximate surface area is 128 Å². The summed E-state index contributed by atoms with van der Waals surface area (Å²) in [5, 5.41) is 4.74. The standard InChI is InChI=1S/C19H29NO/c1-12(2)10-20-11-17-14(4)16-9-15(19(5,6)7)8-13(3)18(16)21-17/h8-9,12,20H,10-11H2,1-7H3.